The number of imide groups is 1. The molecule has 4 atom stereocenters. The Kier molecular flexibility index (Phi) is 4.46. The van der Waals surface area contributed by atoms with E-state index in [2.05, 4.69) is 19.2 Å². The first-order valence-electron chi connectivity index (χ1n) is 12.7. The van der Waals surface area contributed by atoms with Crippen LogP contribution in [0.15, 0.2) is 77.6 Å². The topological polar surface area (TPSA) is 84.3 Å². The average molecular weight is 491 g/mol. The van der Waals surface area contributed by atoms with E-state index >= 15 is 0 Å². The number of carbonyl (C=O) groups excluding carboxylic acids is 2. The van der Waals surface area contributed by atoms with Crippen LogP contribution in [-0.2, 0) is 15.1 Å². The van der Waals surface area contributed by atoms with Crippen molar-refractivity contribution in [2.45, 2.75) is 32.4 Å². The molecule has 1 N–H and O–H groups in total. The van der Waals surface area contributed by atoms with E-state index in [0.29, 0.717) is 28.1 Å². The molecule has 0 radical (unpaired) electrons. The summed E-state index contributed by atoms with van der Waals surface area (Å²) in [6, 6.07) is 22.1. The normalized spacial score (nSPS) is 25.8. The van der Waals surface area contributed by atoms with Crippen molar-refractivity contribution < 1.29 is 9.59 Å². The second-order valence-corrected chi connectivity index (χ2v) is 10.6. The summed E-state index contributed by atoms with van der Waals surface area (Å²) in [5, 5.41) is 4.25. The smallest absolute Gasteiger partial charge is 0.266 e. The van der Waals surface area contributed by atoms with Crippen molar-refractivity contribution in [2.24, 2.45) is 17.8 Å². The summed E-state index contributed by atoms with van der Waals surface area (Å²) < 4.78 is 1.64. The van der Waals surface area contributed by atoms with E-state index in [-0.39, 0.29) is 29.3 Å². The molecule has 0 unspecified atom stereocenters. The number of hydrogen-bond acceptors (Lipinski definition) is 5. The van der Waals surface area contributed by atoms with Gasteiger partial charge in [0, 0.05) is 11.6 Å². The number of nitrogens with zero attached hydrogens (tertiary/aromatic N) is 3. The second kappa shape index (κ2) is 7.46. The molecule has 37 heavy (non-hydrogen) atoms. The maximum absolute atomic E-state index is 14.4. The summed E-state index contributed by atoms with van der Waals surface area (Å²) in [5.74, 6) is -1.25. The number of amides is 2. The minimum atomic E-state index is -1.11. The van der Waals surface area contributed by atoms with Gasteiger partial charge in [0.1, 0.15) is 11.4 Å². The molecular formula is C30H26N4O3. The number of nitrogens with one attached hydrogen (secondary N) is 1. The van der Waals surface area contributed by atoms with Crippen LogP contribution in [0.3, 0.4) is 0 Å². The largest absolute Gasteiger partial charge is 0.296 e. The molecule has 3 aliphatic rings. The van der Waals surface area contributed by atoms with Gasteiger partial charge in [-0.3, -0.25) is 24.3 Å². The summed E-state index contributed by atoms with van der Waals surface area (Å²) >= 11 is 0. The molecule has 4 aromatic rings. The number of para-hydroxylation sites is 3. The Morgan fingerprint density at radius 1 is 0.865 bits per heavy atom. The highest BCUT2D eigenvalue weighted by Crippen LogP contribution is 2.56. The van der Waals surface area contributed by atoms with Crippen molar-refractivity contribution in [3.8, 4) is 5.69 Å². The number of fused-ring (bicyclic) bond motifs is 8. The molecule has 3 aliphatic heterocycles. The Morgan fingerprint density at radius 2 is 1.54 bits per heavy atom. The summed E-state index contributed by atoms with van der Waals surface area (Å²) in [7, 11) is 0. The highest BCUT2D eigenvalue weighted by Gasteiger charge is 2.70. The Balaban J connectivity index is 1.55. The maximum atomic E-state index is 14.4. The Bertz CT molecular complexity index is 1710. The van der Waals surface area contributed by atoms with Crippen LogP contribution in [0.25, 0.3) is 16.6 Å². The molecule has 1 aromatic heterocycles. The van der Waals surface area contributed by atoms with Crippen LogP contribution in [0.5, 0.6) is 0 Å². The average Bonchev–Trinajstić information content (AvgIpc) is 3.49. The molecule has 4 heterocycles. The number of hydrogen-bond donors (Lipinski definition) is 1. The molecule has 2 saturated heterocycles. The van der Waals surface area contributed by atoms with E-state index in [1.54, 1.807) is 10.6 Å². The van der Waals surface area contributed by atoms with Crippen LogP contribution in [0.4, 0.5) is 5.69 Å². The lowest BCUT2D eigenvalue weighted by Crippen LogP contribution is -2.51. The van der Waals surface area contributed by atoms with E-state index in [0.717, 1.165) is 11.1 Å². The first-order chi connectivity index (χ1) is 17.9. The lowest BCUT2D eigenvalue weighted by Gasteiger charge is -2.32. The molecule has 0 saturated carbocycles. The first-order valence-corrected chi connectivity index (χ1v) is 12.7. The monoisotopic (exact) mass is 490 g/mol. The molecule has 0 aliphatic carbocycles. The van der Waals surface area contributed by atoms with Gasteiger partial charge in [-0.2, -0.15) is 0 Å². The molecule has 0 bridgehead atoms. The minimum Gasteiger partial charge on any atom is -0.296 e. The number of aromatic nitrogens is 2. The predicted molar refractivity (Wildman–Crippen MR) is 141 cm³/mol. The van der Waals surface area contributed by atoms with Crippen molar-refractivity contribution in [2.75, 3.05) is 4.90 Å². The number of carbonyl (C=O) groups is 2. The van der Waals surface area contributed by atoms with E-state index in [1.165, 1.54) is 4.90 Å². The number of rotatable bonds is 2. The summed E-state index contributed by atoms with van der Waals surface area (Å²) in [5.41, 5.74) is 2.27. The predicted octanol–water partition coefficient (Wildman–Crippen LogP) is 3.68. The fourth-order valence-electron chi connectivity index (χ4n) is 6.78. The highest BCUT2D eigenvalue weighted by molar-refractivity contribution is 6.23. The molecule has 7 heteroatoms. The van der Waals surface area contributed by atoms with E-state index in [4.69, 9.17) is 4.98 Å². The van der Waals surface area contributed by atoms with Gasteiger partial charge in [0.15, 0.2) is 0 Å². The summed E-state index contributed by atoms with van der Waals surface area (Å²) in [6.07, 6.45) is 0. The van der Waals surface area contributed by atoms with Crippen molar-refractivity contribution in [1.29, 1.82) is 0 Å². The van der Waals surface area contributed by atoms with Crippen LogP contribution in [-0.4, -0.2) is 27.4 Å². The SMILES string of the molecule is Cc1ccccc1N1C(=O)[C@H]2[C@@H](C(C)C)N[C@]3(c4ccccc4-n4c3nc3ccccc3c4=O)[C@H]2C1=O. The van der Waals surface area contributed by atoms with Gasteiger partial charge in [0.25, 0.3) is 5.56 Å². The molecular weight excluding hydrogens is 464 g/mol. The molecule has 1 spiro atoms. The highest BCUT2D eigenvalue weighted by atomic mass is 16.2. The van der Waals surface area contributed by atoms with Gasteiger partial charge in [-0.05, 0) is 42.7 Å². The molecule has 3 aromatic carbocycles. The fraction of sp³-hybridized carbons (Fsp3) is 0.267. The van der Waals surface area contributed by atoms with Crippen molar-refractivity contribution in [3.05, 3.63) is 100 Å². The molecule has 2 fully saturated rings. The van der Waals surface area contributed by atoms with Gasteiger partial charge >= 0.3 is 0 Å². The van der Waals surface area contributed by atoms with E-state index in [9.17, 15) is 14.4 Å². The van der Waals surface area contributed by atoms with Crippen molar-refractivity contribution >= 4 is 28.4 Å². The number of anilines is 1. The summed E-state index contributed by atoms with van der Waals surface area (Å²) in [4.78, 5) is 48.7. The zero-order valence-corrected chi connectivity index (χ0v) is 20.8. The first kappa shape index (κ1) is 22.1. The van der Waals surface area contributed by atoms with Crippen LogP contribution >= 0.6 is 0 Å². The molecule has 7 rings (SSSR count). The third kappa shape index (κ3) is 2.64. The minimum absolute atomic E-state index is 0.0637. The van der Waals surface area contributed by atoms with Crippen molar-refractivity contribution in [1.82, 2.24) is 14.9 Å². The third-order valence-corrected chi connectivity index (χ3v) is 8.37. The van der Waals surface area contributed by atoms with Crippen LogP contribution in [0.2, 0.25) is 0 Å². The van der Waals surface area contributed by atoms with Crippen LogP contribution in [0, 0.1) is 24.7 Å². The van der Waals surface area contributed by atoms with Gasteiger partial charge < -0.3 is 0 Å². The van der Waals surface area contributed by atoms with E-state index in [1.807, 2.05) is 73.7 Å². The Hall–Kier alpha value is -4.10. The van der Waals surface area contributed by atoms with Crippen LogP contribution in [0.1, 0.15) is 30.8 Å². The number of aryl methyl sites for hydroxylation is 1. The second-order valence-electron chi connectivity index (χ2n) is 10.6. The Morgan fingerprint density at radius 3 is 2.30 bits per heavy atom. The van der Waals surface area contributed by atoms with Gasteiger partial charge in [-0.1, -0.05) is 62.4 Å². The zero-order valence-electron chi connectivity index (χ0n) is 20.8. The third-order valence-electron chi connectivity index (χ3n) is 8.37. The summed E-state index contributed by atoms with van der Waals surface area (Å²) in [6.45, 7) is 6.03. The van der Waals surface area contributed by atoms with Crippen LogP contribution < -0.4 is 15.8 Å². The van der Waals surface area contributed by atoms with Gasteiger partial charge in [0.05, 0.1) is 34.1 Å². The van der Waals surface area contributed by atoms with E-state index < -0.39 is 17.4 Å². The molecule has 7 nitrogen and oxygen atoms in total. The standard InChI is InChI=1S/C30H26N4O3/c1-16(2)25-23-24(28(37)33(27(23)36)21-14-8-4-10-17(21)3)30(32-25)19-12-6-9-15-22(19)34-26(35)18-11-5-7-13-20(18)31-29(30)34/h4-16,23-25,32H,1-3H3/t23-,24-,25-,30-/m1/s1. The van der Waals surface area contributed by atoms with Gasteiger partial charge in [-0.15, -0.1) is 0 Å². The van der Waals surface area contributed by atoms with Crippen molar-refractivity contribution in [3.63, 3.8) is 0 Å². The lowest BCUT2D eigenvalue weighted by atomic mass is 9.75. The quantitative estimate of drug-likeness (QED) is 0.434. The molecule has 2 amide bonds. The molecule has 184 valence electrons. The Labute approximate surface area is 213 Å². The fourth-order valence-corrected chi connectivity index (χ4v) is 6.78. The zero-order chi connectivity index (χ0) is 25.6. The maximum Gasteiger partial charge on any atom is 0.266 e. The lowest BCUT2D eigenvalue weighted by molar-refractivity contribution is -0.123. The van der Waals surface area contributed by atoms with Gasteiger partial charge in [-0.25, -0.2) is 9.88 Å². The van der Waals surface area contributed by atoms with Gasteiger partial charge in [0.2, 0.25) is 11.8 Å². The number of benzene rings is 3.